The second-order valence-corrected chi connectivity index (χ2v) is 13.3. The predicted molar refractivity (Wildman–Crippen MR) is 192 cm³/mol. The molecule has 0 unspecified atom stereocenters. The summed E-state index contributed by atoms with van der Waals surface area (Å²) in [5.41, 5.74) is 2.77. The summed E-state index contributed by atoms with van der Waals surface area (Å²) in [6.07, 6.45) is 38.8. The van der Waals surface area contributed by atoms with Gasteiger partial charge in [-0.05, 0) is 55.0 Å². The lowest BCUT2D eigenvalue weighted by atomic mass is 10.0. The molecule has 0 bridgehead atoms. The SMILES string of the molecule is CCCCCCCCCCCCCCCc1cccc(Oc2ccccc2CCCCCCCCCCCCCCC)c1. The number of unbranched alkanes of at least 4 members (excludes halogenated alkanes) is 24. The van der Waals surface area contributed by atoms with Gasteiger partial charge in [0.25, 0.3) is 0 Å². The zero-order valence-electron chi connectivity index (χ0n) is 28.8. The van der Waals surface area contributed by atoms with Crippen LogP contribution >= 0.6 is 0 Å². The first-order valence-corrected chi connectivity index (χ1v) is 19.2. The molecule has 2 aromatic carbocycles. The Kier molecular flexibility index (Phi) is 24.2. The standard InChI is InChI=1S/C42H70O/c1-3-5-7-9-11-13-15-17-19-21-23-25-27-32-39-33-31-36-41(38-39)43-42-37-30-29-35-40(42)34-28-26-24-22-20-18-16-14-12-10-8-6-4-2/h29-31,33,35-38H,3-28,32,34H2,1-2H3. The van der Waals surface area contributed by atoms with E-state index in [1.165, 1.54) is 178 Å². The van der Waals surface area contributed by atoms with E-state index in [4.69, 9.17) is 4.74 Å². The molecular formula is C42H70O. The fourth-order valence-electron chi connectivity index (χ4n) is 6.38. The van der Waals surface area contributed by atoms with Gasteiger partial charge in [0, 0.05) is 0 Å². The molecule has 1 heteroatoms. The van der Waals surface area contributed by atoms with Crippen molar-refractivity contribution >= 4 is 0 Å². The molecule has 1 nitrogen and oxygen atoms in total. The zero-order chi connectivity index (χ0) is 30.5. The number of para-hydroxylation sites is 1. The highest BCUT2D eigenvalue weighted by Gasteiger charge is 2.06. The average Bonchev–Trinajstić information content (AvgIpc) is 3.02. The van der Waals surface area contributed by atoms with Crippen LogP contribution in [0.1, 0.15) is 192 Å². The Labute approximate surface area is 269 Å². The molecule has 0 amide bonds. The Morgan fingerprint density at radius 3 is 1.30 bits per heavy atom. The topological polar surface area (TPSA) is 9.23 Å². The van der Waals surface area contributed by atoms with Crippen LogP contribution in [0.15, 0.2) is 48.5 Å². The van der Waals surface area contributed by atoms with Crippen LogP contribution in [0.2, 0.25) is 0 Å². The minimum Gasteiger partial charge on any atom is -0.457 e. The summed E-state index contributed by atoms with van der Waals surface area (Å²) in [5.74, 6) is 2.03. The molecule has 43 heavy (non-hydrogen) atoms. The van der Waals surface area contributed by atoms with E-state index in [2.05, 4.69) is 62.4 Å². The first-order valence-electron chi connectivity index (χ1n) is 19.2. The van der Waals surface area contributed by atoms with Gasteiger partial charge in [0.1, 0.15) is 11.5 Å². The molecule has 2 rings (SSSR count). The van der Waals surface area contributed by atoms with Crippen molar-refractivity contribution in [2.75, 3.05) is 0 Å². The summed E-state index contributed by atoms with van der Waals surface area (Å²) in [5, 5.41) is 0. The normalized spacial score (nSPS) is 11.3. The molecule has 0 atom stereocenters. The van der Waals surface area contributed by atoms with E-state index in [1.807, 2.05) is 0 Å². The lowest BCUT2D eigenvalue weighted by Crippen LogP contribution is -1.94. The van der Waals surface area contributed by atoms with Crippen LogP contribution in [0.25, 0.3) is 0 Å². The monoisotopic (exact) mass is 591 g/mol. The van der Waals surface area contributed by atoms with Crippen molar-refractivity contribution in [3.05, 3.63) is 59.7 Å². The van der Waals surface area contributed by atoms with Gasteiger partial charge in [0.2, 0.25) is 0 Å². The highest BCUT2D eigenvalue weighted by atomic mass is 16.5. The van der Waals surface area contributed by atoms with E-state index in [0.29, 0.717) is 0 Å². The minimum atomic E-state index is 0.991. The molecular weight excluding hydrogens is 520 g/mol. The highest BCUT2D eigenvalue weighted by Crippen LogP contribution is 2.28. The molecule has 2 aromatic rings. The molecule has 0 spiro atoms. The molecule has 0 heterocycles. The number of aryl methyl sites for hydroxylation is 2. The third-order valence-corrected chi connectivity index (χ3v) is 9.22. The largest absolute Gasteiger partial charge is 0.457 e. The van der Waals surface area contributed by atoms with Crippen molar-refractivity contribution < 1.29 is 4.74 Å². The number of hydrogen-bond donors (Lipinski definition) is 0. The van der Waals surface area contributed by atoms with Crippen molar-refractivity contribution in [2.24, 2.45) is 0 Å². The van der Waals surface area contributed by atoms with Crippen molar-refractivity contribution in [1.82, 2.24) is 0 Å². The van der Waals surface area contributed by atoms with Crippen LogP contribution in [-0.2, 0) is 12.8 Å². The summed E-state index contributed by atoms with van der Waals surface area (Å²) in [6, 6.07) is 17.5. The van der Waals surface area contributed by atoms with E-state index >= 15 is 0 Å². The van der Waals surface area contributed by atoms with Gasteiger partial charge in [-0.15, -0.1) is 0 Å². The van der Waals surface area contributed by atoms with E-state index in [9.17, 15) is 0 Å². The van der Waals surface area contributed by atoms with Gasteiger partial charge in [-0.3, -0.25) is 0 Å². The maximum atomic E-state index is 6.43. The molecule has 244 valence electrons. The van der Waals surface area contributed by atoms with Gasteiger partial charge in [-0.25, -0.2) is 0 Å². The Morgan fingerprint density at radius 1 is 0.395 bits per heavy atom. The minimum absolute atomic E-state index is 0.991. The number of ether oxygens (including phenoxy) is 1. The van der Waals surface area contributed by atoms with Gasteiger partial charge in [0.15, 0.2) is 0 Å². The third kappa shape index (κ3) is 20.8. The molecule has 0 saturated carbocycles. The van der Waals surface area contributed by atoms with Crippen LogP contribution in [0.5, 0.6) is 11.5 Å². The van der Waals surface area contributed by atoms with Crippen LogP contribution in [0.3, 0.4) is 0 Å². The van der Waals surface area contributed by atoms with Crippen molar-refractivity contribution in [2.45, 2.75) is 194 Å². The zero-order valence-corrected chi connectivity index (χ0v) is 28.8. The summed E-state index contributed by atoms with van der Waals surface area (Å²) >= 11 is 0. The smallest absolute Gasteiger partial charge is 0.130 e. The fraction of sp³-hybridized carbons (Fsp3) is 0.714. The molecule has 0 aliphatic rings. The molecule has 0 saturated heterocycles. The molecule has 0 aliphatic heterocycles. The quantitative estimate of drug-likeness (QED) is 0.0822. The molecule has 0 aliphatic carbocycles. The summed E-state index contributed by atoms with van der Waals surface area (Å²) in [6.45, 7) is 4.60. The lowest BCUT2D eigenvalue weighted by Gasteiger charge is -2.12. The second-order valence-electron chi connectivity index (χ2n) is 13.3. The van der Waals surface area contributed by atoms with E-state index in [0.717, 1.165) is 24.3 Å². The van der Waals surface area contributed by atoms with Gasteiger partial charge in [-0.2, -0.15) is 0 Å². The van der Waals surface area contributed by atoms with Gasteiger partial charge in [0.05, 0.1) is 0 Å². The highest BCUT2D eigenvalue weighted by molar-refractivity contribution is 5.39. The van der Waals surface area contributed by atoms with Crippen molar-refractivity contribution in [3.8, 4) is 11.5 Å². The number of benzene rings is 2. The fourth-order valence-corrected chi connectivity index (χ4v) is 6.38. The van der Waals surface area contributed by atoms with E-state index < -0.39 is 0 Å². The maximum absolute atomic E-state index is 6.43. The van der Waals surface area contributed by atoms with E-state index in [1.54, 1.807) is 0 Å². The first-order chi connectivity index (χ1) is 21.3. The Morgan fingerprint density at radius 2 is 0.814 bits per heavy atom. The van der Waals surface area contributed by atoms with Crippen molar-refractivity contribution in [3.63, 3.8) is 0 Å². The van der Waals surface area contributed by atoms with Crippen LogP contribution in [0, 0.1) is 0 Å². The summed E-state index contributed by atoms with van der Waals surface area (Å²) in [7, 11) is 0. The first kappa shape index (κ1) is 37.4. The molecule has 0 aromatic heterocycles. The average molecular weight is 591 g/mol. The van der Waals surface area contributed by atoms with Crippen LogP contribution in [-0.4, -0.2) is 0 Å². The van der Waals surface area contributed by atoms with Gasteiger partial charge in [-0.1, -0.05) is 198 Å². The van der Waals surface area contributed by atoms with Gasteiger partial charge >= 0.3 is 0 Å². The van der Waals surface area contributed by atoms with Gasteiger partial charge < -0.3 is 4.74 Å². The van der Waals surface area contributed by atoms with Crippen molar-refractivity contribution in [1.29, 1.82) is 0 Å². The number of hydrogen-bond acceptors (Lipinski definition) is 1. The Hall–Kier alpha value is -1.76. The summed E-state index contributed by atoms with van der Waals surface area (Å²) < 4.78 is 6.43. The predicted octanol–water partition coefficient (Wildman–Crippen LogP) is 14.7. The Bertz CT molecular complexity index is 871. The number of rotatable bonds is 30. The Balaban J connectivity index is 1.53. The molecule has 0 N–H and O–H groups in total. The molecule has 0 fully saturated rings. The summed E-state index contributed by atoms with van der Waals surface area (Å²) in [4.78, 5) is 0. The van der Waals surface area contributed by atoms with Crippen LogP contribution < -0.4 is 4.74 Å². The molecule has 0 radical (unpaired) electrons. The lowest BCUT2D eigenvalue weighted by molar-refractivity contribution is 0.473. The maximum Gasteiger partial charge on any atom is 0.130 e. The second kappa shape index (κ2) is 27.8. The van der Waals surface area contributed by atoms with E-state index in [-0.39, 0.29) is 0 Å². The van der Waals surface area contributed by atoms with Crippen LogP contribution in [0.4, 0.5) is 0 Å². The third-order valence-electron chi connectivity index (χ3n) is 9.22.